The second kappa shape index (κ2) is 6.48. The van der Waals surface area contributed by atoms with Crippen molar-refractivity contribution in [3.8, 4) is 5.75 Å². The fourth-order valence-electron chi connectivity index (χ4n) is 1.41. The summed E-state index contributed by atoms with van der Waals surface area (Å²) >= 11 is 0. The van der Waals surface area contributed by atoms with Crippen molar-refractivity contribution in [1.29, 1.82) is 0 Å². The number of carbonyl (C=O) groups is 1. The van der Waals surface area contributed by atoms with Crippen molar-refractivity contribution in [2.75, 3.05) is 25.7 Å². The molecule has 12 heteroatoms. The maximum absolute atomic E-state index is 12.4. The molecule has 0 spiro atoms. The van der Waals surface area contributed by atoms with Crippen LogP contribution in [0, 0.1) is 0 Å². The van der Waals surface area contributed by atoms with E-state index in [1.54, 1.807) is 0 Å². The molecule has 0 saturated heterocycles. The van der Waals surface area contributed by atoms with Crippen LogP contribution in [0.4, 0.5) is 13.2 Å². The smallest absolute Gasteiger partial charge is 0.462 e. The summed E-state index contributed by atoms with van der Waals surface area (Å²) in [6.07, 6.45) is 0.821. The minimum Gasteiger partial charge on any atom is -0.462 e. The molecule has 130 valence electrons. The number of pyridine rings is 1. The Bertz CT molecular complexity index is 754. The molecule has 0 amide bonds. The van der Waals surface area contributed by atoms with Crippen LogP contribution in [0.2, 0.25) is 0 Å². The topological polar surface area (TPSA) is 94.9 Å². The zero-order chi connectivity index (χ0) is 18.0. The highest BCUT2D eigenvalue weighted by molar-refractivity contribution is 7.88. The van der Waals surface area contributed by atoms with E-state index in [0.29, 0.717) is 6.07 Å². The van der Waals surface area contributed by atoms with Crippen LogP contribution in [0.25, 0.3) is 0 Å². The zero-order valence-corrected chi connectivity index (χ0v) is 13.1. The van der Waals surface area contributed by atoms with E-state index in [-0.39, 0.29) is 6.61 Å². The molecule has 1 rings (SSSR count). The summed E-state index contributed by atoms with van der Waals surface area (Å²) in [7, 11) is -3.20. The van der Waals surface area contributed by atoms with Crippen LogP contribution in [-0.4, -0.2) is 45.3 Å². The molecule has 8 nitrogen and oxygen atoms in total. The summed E-state index contributed by atoms with van der Waals surface area (Å²) in [4.78, 5) is 23.5. The van der Waals surface area contributed by atoms with Crippen molar-refractivity contribution >= 4 is 16.1 Å². The molecule has 0 aliphatic rings. The van der Waals surface area contributed by atoms with Gasteiger partial charge in [0.05, 0.1) is 12.7 Å². The van der Waals surface area contributed by atoms with Crippen molar-refractivity contribution in [3.05, 3.63) is 28.2 Å². The van der Waals surface area contributed by atoms with Crippen molar-refractivity contribution < 1.29 is 35.3 Å². The first-order chi connectivity index (χ1) is 10.4. The lowest BCUT2D eigenvalue weighted by atomic mass is 10.2. The van der Waals surface area contributed by atoms with Crippen LogP contribution in [0.5, 0.6) is 5.75 Å². The Labute approximate surface area is 129 Å². The molecular formula is C11H13F3N2O6S. The van der Waals surface area contributed by atoms with Crippen molar-refractivity contribution in [3.63, 3.8) is 0 Å². The van der Waals surface area contributed by atoms with Gasteiger partial charge in [-0.3, -0.25) is 4.79 Å². The highest BCUT2D eigenvalue weighted by Gasteiger charge is 2.49. The number of carbonyl (C=O) groups excluding carboxylic acids is 1. The van der Waals surface area contributed by atoms with Gasteiger partial charge in [-0.1, -0.05) is 0 Å². The quantitative estimate of drug-likeness (QED) is 0.428. The van der Waals surface area contributed by atoms with E-state index >= 15 is 0 Å². The number of ether oxygens (including phenoxy) is 1. The van der Waals surface area contributed by atoms with E-state index in [1.807, 2.05) is 0 Å². The minimum absolute atomic E-state index is 0.120. The number of esters is 1. The molecule has 0 atom stereocenters. The number of halogens is 3. The Hall–Kier alpha value is -2.24. The molecule has 23 heavy (non-hydrogen) atoms. The Kier molecular flexibility index (Phi) is 5.30. The summed E-state index contributed by atoms with van der Waals surface area (Å²) in [5.74, 6) is -2.21. The second-order valence-corrected chi connectivity index (χ2v) is 5.82. The van der Waals surface area contributed by atoms with Crippen LogP contribution < -0.4 is 14.8 Å². The molecule has 0 radical (unpaired) electrons. The van der Waals surface area contributed by atoms with E-state index in [9.17, 15) is 31.2 Å². The van der Waals surface area contributed by atoms with Gasteiger partial charge >= 0.3 is 21.6 Å². The van der Waals surface area contributed by atoms with E-state index < -0.39 is 38.5 Å². The van der Waals surface area contributed by atoms with Gasteiger partial charge in [0.15, 0.2) is 5.75 Å². The average Bonchev–Trinajstić information content (AvgIpc) is 2.36. The largest absolute Gasteiger partial charge is 0.534 e. The lowest BCUT2D eigenvalue weighted by Crippen LogP contribution is -2.37. The van der Waals surface area contributed by atoms with E-state index in [0.717, 1.165) is 10.9 Å². The Morgan fingerprint density at radius 2 is 1.91 bits per heavy atom. The van der Waals surface area contributed by atoms with Gasteiger partial charge in [0.25, 0.3) is 5.56 Å². The average molecular weight is 358 g/mol. The molecule has 0 aliphatic heterocycles. The summed E-state index contributed by atoms with van der Waals surface area (Å²) < 4.78 is 68.7. The number of nitrogens with zero attached hydrogens (tertiary/aromatic N) is 2. The third-order valence-electron chi connectivity index (χ3n) is 2.41. The molecule has 0 unspecified atom stereocenters. The predicted molar refractivity (Wildman–Crippen MR) is 72.3 cm³/mol. The molecule has 1 aromatic rings. The number of alkyl halides is 3. The number of aromatic nitrogens is 1. The first-order valence-electron chi connectivity index (χ1n) is 6.03. The zero-order valence-electron chi connectivity index (χ0n) is 12.2. The van der Waals surface area contributed by atoms with Crippen LogP contribution in [0.3, 0.4) is 0 Å². The first-order valence-corrected chi connectivity index (χ1v) is 7.43. The normalized spacial score (nSPS) is 11.9. The Balaban J connectivity index is 3.50. The van der Waals surface area contributed by atoms with Gasteiger partial charge in [-0.25, -0.2) is 9.47 Å². The van der Waals surface area contributed by atoms with Crippen LogP contribution in [0.1, 0.15) is 17.3 Å². The van der Waals surface area contributed by atoms with Gasteiger partial charge < -0.3 is 13.9 Å². The molecular weight excluding hydrogens is 345 g/mol. The second-order valence-electron chi connectivity index (χ2n) is 4.29. The summed E-state index contributed by atoms with van der Waals surface area (Å²) in [6, 6.07) is 0.454. The number of hydrogen-bond donors (Lipinski definition) is 0. The standard InChI is InChI=1S/C11H13F3N2O6S/c1-4-21-10(18)7-6-16(15(2)3)9(17)5-8(7)22-23(19,20)11(12,13)14/h5-6H,4H2,1-3H3. The molecule has 1 heterocycles. The van der Waals surface area contributed by atoms with Crippen LogP contribution in [-0.2, 0) is 14.9 Å². The summed E-state index contributed by atoms with van der Waals surface area (Å²) in [5.41, 5.74) is -7.27. The molecule has 0 saturated carbocycles. The first kappa shape index (κ1) is 18.8. The van der Waals surface area contributed by atoms with Gasteiger partial charge in [0.2, 0.25) is 0 Å². The van der Waals surface area contributed by atoms with Gasteiger partial charge in [0, 0.05) is 20.3 Å². The van der Waals surface area contributed by atoms with Crippen molar-refractivity contribution in [2.45, 2.75) is 12.4 Å². The fourth-order valence-corrected chi connectivity index (χ4v) is 1.88. The van der Waals surface area contributed by atoms with Crippen molar-refractivity contribution in [1.82, 2.24) is 4.68 Å². The monoisotopic (exact) mass is 358 g/mol. The number of rotatable bonds is 5. The van der Waals surface area contributed by atoms with Gasteiger partial charge in [-0.05, 0) is 6.92 Å². The van der Waals surface area contributed by atoms with Gasteiger partial charge in [-0.15, -0.1) is 0 Å². The van der Waals surface area contributed by atoms with Gasteiger partial charge in [-0.2, -0.15) is 21.6 Å². The third kappa shape index (κ3) is 4.15. The van der Waals surface area contributed by atoms with E-state index in [2.05, 4.69) is 8.92 Å². The SMILES string of the molecule is CCOC(=O)c1cn(N(C)C)c(=O)cc1OS(=O)(=O)C(F)(F)F. The maximum atomic E-state index is 12.4. The molecule has 0 N–H and O–H groups in total. The highest BCUT2D eigenvalue weighted by Crippen LogP contribution is 2.28. The highest BCUT2D eigenvalue weighted by atomic mass is 32.2. The predicted octanol–water partition coefficient (Wildman–Crippen LogP) is 0.451. The van der Waals surface area contributed by atoms with E-state index in [1.165, 1.54) is 26.0 Å². The van der Waals surface area contributed by atoms with Crippen molar-refractivity contribution in [2.24, 2.45) is 0 Å². The number of hydrogen-bond acceptors (Lipinski definition) is 7. The summed E-state index contributed by atoms with van der Waals surface area (Å²) in [6.45, 7) is 1.32. The molecule has 0 aliphatic carbocycles. The molecule has 1 aromatic heterocycles. The van der Waals surface area contributed by atoms with Crippen LogP contribution >= 0.6 is 0 Å². The van der Waals surface area contributed by atoms with E-state index in [4.69, 9.17) is 0 Å². The maximum Gasteiger partial charge on any atom is 0.534 e. The lowest BCUT2D eigenvalue weighted by Gasteiger charge is -2.18. The fraction of sp³-hybridized carbons (Fsp3) is 0.455. The van der Waals surface area contributed by atoms with Crippen LogP contribution in [0.15, 0.2) is 17.1 Å². The Morgan fingerprint density at radius 3 is 2.35 bits per heavy atom. The molecule has 0 aromatic carbocycles. The molecule has 0 bridgehead atoms. The summed E-state index contributed by atoms with van der Waals surface area (Å²) in [5, 5.41) is 1.22. The lowest BCUT2D eigenvalue weighted by molar-refractivity contribution is -0.0500. The molecule has 0 fully saturated rings. The Morgan fingerprint density at radius 1 is 1.35 bits per heavy atom. The third-order valence-corrected chi connectivity index (χ3v) is 3.37. The minimum atomic E-state index is -6.04. The van der Waals surface area contributed by atoms with Gasteiger partial charge in [0.1, 0.15) is 5.56 Å².